The zero-order valence-electron chi connectivity index (χ0n) is 17.1. The molecule has 6 nitrogen and oxygen atoms in total. The minimum Gasteiger partial charge on any atom is -0.332 e. The Morgan fingerprint density at radius 2 is 1.84 bits per heavy atom. The highest BCUT2D eigenvalue weighted by Gasteiger charge is 2.22. The molecule has 1 N–H and O–H groups in total. The maximum absolute atomic E-state index is 14.2. The Labute approximate surface area is 179 Å². The third-order valence-corrected chi connectivity index (χ3v) is 4.99. The first-order valence-corrected chi connectivity index (χ1v) is 9.88. The van der Waals surface area contributed by atoms with Crippen molar-refractivity contribution in [2.75, 3.05) is 0 Å². The standard InChI is InChI=1S/C24H20FN5O/c1-15(2)30-23-19(14-27-30)18(12-21(28-23)16-8-4-3-5-9-16)24(31)29-22(13-26)17-10-6-7-11-20(17)25/h3-12,14-15,22H,1-2H3,(H,29,31). The third-order valence-electron chi connectivity index (χ3n) is 4.99. The molecule has 2 heterocycles. The molecule has 0 fully saturated rings. The molecule has 154 valence electrons. The molecular weight excluding hydrogens is 393 g/mol. The van der Waals surface area contributed by atoms with Crippen molar-refractivity contribution in [3.05, 3.63) is 83.8 Å². The highest BCUT2D eigenvalue weighted by atomic mass is 19.1. The van der Waals surface area contributed by atoms with Crippen LogP contribution in [0.1, 0.15) is 41.9 Å². The molecule has 0 spiro atoms. The predicted molar refractivity (Wildman–Crippen MR) is 116 cm³/mol. The average Bonchev–Trinajstić information content (AvgIpc) is 3.22. The number of halogens is 1. The quantitative estimate of drug-likeness (QED) is 0.509. The number of amides is 1. The van der Waals surface area contributed by atoms with Crippen molar-refractivity contribution >= 4 is 16.9 Å². The molecule has 0 bridgehead atoms. The molecule has 1 unspecified atom stereocenters. The molecule has 0 saturated carbocycles. The first-order chi connectivity index (χ1) is 15.0. The molecule has 1 amide bonds. The summed E-state index contributed by atoms with van der Waals surface area (Å²) in [5.74, 6) is -1.05. The lowest BCUT2D eigenvalue weighted by atomic mass is 10.0. The van der Waals surface area contributed by atoms with Gasteiger partial charge in [-0.15, -0.1) is 0 Å². The van der Waals surface area contributed by atoms with Crippen LogP contribution in [0.2, 0.25) is 0 Å². The number of aromatic nitrogens is 3. The summed E-state index contributed by atoms with van der Waals surface area (Å²) in [6.07, 6.45) is 1.59. The molecule has 0 aliphatic carbocycles. The number of fused-ring (bicyclic) bond motifs is 1. The Bertz CT molecular complexity index is 1290. The Morgan fingerprint density at radius 1 is 1.13 bits per heavy atom. The number of nitrogens with one attached hydrogen (secondary N) is 1. The van der Waals surface area contributed by atoms with Crippen molar-refractivity contribution in [1.82, 2.24) is 20.1 Å². The largest absolute Gasteiger partial charge is 0.332 e. The van der Waals surface area contributed by atoms with Crippen LogP contribution in [0.25, 0.3) is 22.3 Å². The van der Waals surface area contributed by atoms with E-state index in [1.807, 2.05) is 50.2 Å². The van der Waals surface area contributed by atoms with E-state index in [9.17, 15) is 14.4 Å². The van der Waals surface area contributed by atoms with Crippen LogP contribution in [0.5, 0.6) is 0 Å². The van der Waals surface area contributed by atoms with Crippen molar-refractivity contribution in [3.8, 4) is 17.3 Å². The number of benzene rings is 2. The van der Waals surface area contributed by atoms with Gasteiger partial charge in [0.05, 0.1) is 28.9 Å². The zero-order valence-corrected chi connectivity index (χ0v) is 17.1. The van der Waals surface area contributed by atoms with Crippen LogP contribution in [-0.2, 0) is 0 Å². The summed E-state index contributed by atoms with van der Waals surface area (Å²) in [5.41, 5.74) is 2.47. The molecular formula is C24H20FN5O. The van der Waals surface area contributed by atoms with E-state index < -0.39 is 17.8 Å². The van der Waals surface area contributed by atoms with Crippen molar-refractivity contribution in [2.45, 2.75) is 25.9 Å². The molecule has 2 aromatic heterocycles. The number of nitriles is 1. The summed E-state index contributed by atoms with van der Waals surface area (Å²) in [4.78, 5) is 18.0. The van der Waals surface area contributed by atoms with Crippen LogP contribution in [-0.4, -0.2) is 20.7 Å². The van der Waals surface area contributed by atoms with Crippen LogP contribution in [0, 0.1) is 17.1 Å². The highest BCUT2D eigenvalue weighted by molar-refractivity contribution is 6.06. The first kappa shape index (κ1) is 20.2. The first-order valence-electron chi connectivity index (χ1n) is 9.88. The fourth-order valence-electron chi connectivity index (χ4n) is 3.44. The van der Waals surface area contributed by atoms with Crippen molar-refractivity contribution in [1.29, 1.82) is 5.26 Å². The number of pyridine rings is 1. The molecule has 4 aromatic rings. The Morgan fingerprint density at radius 3 is 2.52 bits per heavy atom. The zero-order chi connectivity index (χ0) is 22.0. The van der Waals surface area contributed by atoms with E-state index in [0.29, 0.717) is 22.3 Å². The fraction of sp³-hybridized carbons (Fsp3) is 0.167. The molecule has 1 atom stereocenters. The van der Waals surface area contributed by atoms with Gasteiger partial charge in [0, 0.05) is 17.2 Å². The normalized spacial score (nSPS) is 12.0. The lowest BCUT2D eigenvalue weighted by molar-refractivity contribution is 0.0946. The Kier molecular flexibility index (Phi) is 5.46. The molecule has 2 aromatic carbocycles. The number of hydrogen-bond acceptors (Lipinski definition) is 4. The van der Waals surface area contributed by atoms with Crippen molar-refractivity contribution < 1.29 is 9.18 Å². The topological polar surface area (TPSA) is 83.6 Å². The summed E-state index contributed by atoms with van der Waals surface area (Å²) in [5, 5.41) is 17.2. The third kappa shape index (κ3) is 3.88. The molecule has 0 saturated heterocycles. The summed E-state index contributed by atoms with van der Waals surface area (Å²) in [6.45, 7) is 3.96. The van der Waals surface area contributed by atoms with E-state index >= 15 is 0 Å². The van der Waals surface area contributed by atoms with Crippen LogP contribution >= 0.6 is 0 Å². The maximum atomic E-state index is 14.2. The van der Waals surface area contributed by atoms with E-state index in [2.05, 4.69) is 10.4 Å². The number of nitrogens with zero attached hydrogens (tertiary/aromatic N) is 4. The molecule has 31 heavy (non-hydrogen) atoms. The van der Waals surface area contributed by atoms with Gasteiger partial charge in [-0.05, 0) is 26.0 Å². The Balaban J connectivity index is 1.81. The van der Waals surface area contributed by atoms with Crippen LogP contribution in [0.15, 0.2) is 66.9 Å². The van der Waals surface area contributed by atoms with E-state index in [4.69, 9.17) is 4.98 Å². The summed E-state index contributed by atoms with van der Waals surface area (Å²) >= 11 is 0. The number of hydrogen-bond donors (Lipinski definition) is 1. The van der Waals surface area contributed by atoms with Crippen LogP contribution < -0.4 is 5.32 Å². The van der Waals surface area contributed by atoms with E-state index in [-0.39, 0.29) is 11.6 Å². The predicted octanol–water partition coefficient (Wildman–Crippen LogP) is 4.81. The van der Waals surface area contributed by atoms with Crippen molar-refractivity contribution in [3.63, 3.8) is 0 Å². The van der Waals surface area contributed by atoms with E-state index in [1.54, 1.807) is 23.0 Å². The van der Waals surface area contributed by atoms with E-state index in [0.717, 1.165) is 5.56 Å². The molecule has 0 radical (unpaired) electrons. The fourth-order valence-corrected chi connectivity index (χ4v) is 3.44. The number of carbonyl (C=O) groups excluding carboxylic acids is 1. The molecule has 0 aliphatic heterocycles. The summed E-state index contributed by atoms with van der Waals surface area (Å²) < 4.78 is 15.9. The molecule has 4 rings (SSSR count). The van der Waals surface area contributed by atoms with Gasteiger partial charge in [-0.3, -0.25) is 4.79 Å². The van der Waals surface area contributed by atoms with Gasteiger partial charge < -0.3 is 5.32 Å². The molecule has 0 aliphatic rings. The second-order valence-electron chi connectivity index (χ2n) is 7.40. The number of carbonyl (C=O) groups is 1. The minimum atomic E-state index is -1.13. The Hall–Kier alpha value is -4.05. The maximum Gasteiger partial charge on any atom is 0.253 e. The van der Waals surface area contributed by atoms with Gasteiger partial charge in [-0.25, -0.2) is 14.1 Å². The van der Waals surface area contributed by atoms with Gasteiger partial charge in [-0.1, -0.05) is 48.5 Å². The lowest BCUT2D eigenvalue weighted by Crippen LogP contribution is -2.28. The number of rotatable bonds is 5. The van der Waals surface area contributed by atoms with Gasteiger partial charge >= 0.3 is 0 Å². The SMILES string of the molecule is CC(C)n1ncc2c(C(=O)NC(C#N)c3ccccc3F)cc(-c3ccccc3)nc21. The van der Waals surface area contributed by atoms with Gasteiger partial charge in [0.1, 0.15) is 11.9 Å². The second-order valence-corrected chi connectivity index (χ2v) is 7.40. The van der Waals surface area contributed by atoms with Gasteiger partial charge in [0.15, 0.2) is 5.65 Å². The monoisotopic (exact) mass is 413 g/mol. The van der Waals surface area contributed by atoms with Crippen LogP contribution in [0.4, 0.5) is 4.39 Å². The summed E-state index contributed by atoms with van der Waals surface area (Å²) in [7, 11) is 0. The van der Waals surface area contributed by atoms with Crippen LogP contribution in [0.3, 0.4) is 0 Å². The molecule has 7 heteroatoms. The average molecular weight is 413 g/mol. The van der Waals surface area contributed by atoms with Gasteiger partial charge in [0.2, 0.25) is 0 Å². The minimum absolute atomic E-state index is 0.0391. The highest BCUT2D eigenvalue weighted by Crippen LogP contribution is 2.27. The lowest BCUT2D eigenvalue weighted by Gasteiger charge is -2.14. The van der Waals surface area contributed by atoms with Gasteiger partial charge in [-0.2, -0.15) is 10.4 Å². The second kappa shape index (κ2) is 8.36. The van der Waals surface area contributed by atoms with Gasteiger partial charge in [0.25, 0.3) is 5.91 Å². The van der Waals surface area contributed by atoms with E-state index in [1.165, 1.54) is 18.2 Å². The summed E-state index contributed by atoms with van der Waals surface area (Å²) in [6, 6.07) is 18.0. The van der Waals surface area contributed by atoms with Crippen molar-refractivity contribution in [2.24, 2.45) is 0 Å². The smallest absolute Gasteiger partial charge is 0.253 e.